The number of hydrogen-bond acceptors (Lipinski definition) is 3. The molecule has 0 spiro atoms. The lowest BCUT2D eigenvalue weighted by Crippen LogP contribution is -2.42. The van der Waals surface area contributed by atoms with E-state index >= 15 is 0 Å². The van der Waals surface area contributed by atoms with Gasteiger partial charge in [0, 0.05) is 42.7 Å². The summed E-state index contributed by atoms with van der Waals surface area (Å²) in [6, 6.07) is 6.43. The number of rotatable bonds is 4. The van der Waals surface area contributed by atoms with Gasteiger partial charge in [0.2, 0.25) is 5.91 Å². The largest absolute Gasteiger partial charge is 0.313 e. The highest BCUT2D eigenvalue weighted by atomic mass is 32.2. The molecule has 0 bridgehead atoms. The molecule has 1 amide bonds. The second kappa shape index (κ2) is 6.91. The van der Waals surface area contributed by atoms with Gasteiger partial charge in [0.15, 0.2) is 0 Å². The summed E-state index contributed by atoms with van der Waals surface area (Å²) in [4.78, 5) is 14.0. The van der Waals surface area contributed by atoms with Crippen LogP contribution in [0.3, 0.4) is 0 Å². The number of nitrogens with one attached hydrogen (secondary N) is 1. The zero-order chi connectivity index (χ0) is 13.7. The SMILES string of the molecule is CCN(C(=O)CC1CSCCN1)c1cccc(F)c1. The third-order valence-corrected chi connectivity index (χ3v) is 4.29. The van der Waals surface area contributed by atoms with Gasteiger partial charge >= 0.3 is 0 Å². The number of halogens is 1. The molecule has 1 atom stereocenters. The molecule has 1 aliphatic heterocycles. The Hall–Kier alpha value is -1.07. The smallest absolute Gasteiger partial charge is 0.228 e. The monoisotopic (exact) mass is 282 g/mol. The molecule has 3 nitrogen and oxygen atoms in total. The number of thioether (sulfide) groups is 1. The number of carbonyl (C=O) groups excluding carboxylic acids is 1. The summed E-state index contributed by atoms with van der Waals surface area (Å²) in [5.41, 5.74) is 0.635. The van der Waals surface area contributed by atoms with Crippen molar-refractivity contribution in [2.24, 2.45) is 0 Å². The van der Waals surface area contributed by atoms with Gasteiger partial charge in [-0.05, 0) is 25.1 Å². The Kier molecular flexibility index (Phi) is 5.22. The summed E-state index contributed by atoms with van der Waals surface area (Å²) in [5, 5.41) is 3.35. The molecule has 0 saturated carbocycles. The molecule has 1 unspecified atom stereocenters. The molecule has 1 aromatic rings. The second-order valence-corrected chi connectivity index (χ2v) is 5.70. The Balaban J connectivity index is 2.02. The minimum Gasteiger partial charge on any atom is -0.313 e. The fourth-order valence-corrected chi connectivity index (χ4v) is 3.17. The molecular weight excluding hydrogens is 263 g/mol. The molecule has 5 heteroatoms. The van der Waals surface area contributed by atoms with Crippen LogP contribution in [0.4, 0.5) is 10.1 Å². The topological polar surface area (TPSA) is 32.3 Å². The maximum Gasteiger partial charge on any atom is 0.228 e. The predicted octanol–water partition coefficient (Wildman–Crippen LogP) is 2.27. The van der Waals surface area contributed by atoms with Crippen molar-refractivity contribution < 1.29 is 9.18 Å². The summed E-state index contributed by atoms with van der Waals surface area (Å²) >= 11 is 1.87. The van der Waals surface area contributed by atoms with Gasteiger partial charge in [0.1, 0.15) is 5.82 Å². The van der Waals surface area contributed by atoms with Crippen LogP contribution in [-0.2, 0) is 4.79 Å². The van der Waals surface area contributed by atoms with Gasteiger partial charge < -0.3 is 10.2 Å². The van der Waals surface area contributed by atoms with Gasteiger partial charge in [-0.3, -0.25) is 4.79 Å². The highest BCUT2D eigenvalue weighted by Crippen LogP contribution is 2.18. The van der Waals surface area contributed by atoms with Gasteiger partial charge in [0.25, 0.3) is 0 Å². The molecule has 104 valence electrons. The normalized spacial score (nSPS) is 19.2. The number of amides is 1. The third-order valence-electron chi connectivity index (χ3n) is 3.16. The van der Waals surface area contributed by atoms with E-state index in [4.69, 9.17) is 0 Å². The van der Waals surface area contributed by atoms with Gasteiger partial charge in [-0.15, -0.1) is 0 Å². The zero-order valence-corrected chi connectivity index (χ0v) is 11.9. The minimum atomic E-state index is -0.310. The van der Waals surface area contributed by atoms with E-state index in [1.807, 2.05) is 18.7 Å². The van der Waals surface area contributed by atoms with Crippen molar-refractivity contribution in [1.29, 1.82) is 0 Å². The van der Waals surface area contributed by atoms with E-state index < -0.39 is 0 Å². The van der Waals surface area contributed by atoms with Crippen LogP contribution in [0.15, 0.2) is 24.3 Å². The molecule has 1 aromatic carbocycles. The quantitative estimate of drug-likeness (QED) is 0.919. The lowest BCUT2D eigenvalue weighted by Gasteiger charge is -2.27. The first-order valence-corrected chi connectivity index (χ1v) is 7.73. The minimum absolute atomic E-state index is 0.0492. The van der Waals surface area contributed by atoms with Crippen molar-refractivity contribution in [3.63, 3.8) is 0 Å². The molecule has 1 heterocycles. The van der Waals surface area contributed by atoms with Gasteiger partial charge in [0.05, 0.1) is 0 Å². The summed E-state index contributed by atoms with van der Waals surface area (Å²) < 4.78 is 13.2. The van der Waals surface area contributed by atoms with Crippen LogP contribution < -0.4 is 10.2 Å². The predicted molar refractivity (Wildman–Crippen MR) is 78.2 cm³/mol. The molecule has 1 N–H and O–H groups in total. The molecule has 2 rings (SSSR count). The highest BCUT2D eigenvalue weighted by Gasteiger charge is 2.21. The molecule has 1 fully saturated rings. The Labute approximate surface area is 117 Å². The molecule has 0 aromatic heterocycles. The average Bonchev–Trinajstić information content (AvgIpc) is 2.41. The Morgan fingerprint density at radius 3 is 3.05 bits per heavy atom. The van der Waals surface area contributed by atoms with Crippen LogP contribution in [0.2, 0.25) is 0 Å². The van der Waals surface area contributed by atoms with E-state index in [0.29, 0.717) is 18.7 Å². The standard InChI is InChI=1S/C14H19FN2OS/c1-2-17(13-5-3-4-11(15)8-13)14(18)9-12-10-19-7-6-16-12/h3-5,8,12,16H,2,6-7,9-10H2,1H3. The molecular formula is C14H19FN2OS. The number of benzene rings is 1. The Morgan fingerprint density at radius 1 is 1.58 bits per heavy atom. The van der Waals surface area contributed by atoms with Crippen LogP contribution in [-0.4, -0.2) is 36.5 Å². The first kappa shape index (κ1) is 14.3. The van der Waals surface area contributed by atoms with Crippen molar-refractivity contribution >= 4 is 23.4 Å². The van der Waals surface area contributed by atoms with Crippen molar-refractivity contribution in [3.8, 4) is 0 Å². The van der Waals surface area contributed by atoms with E-state index in [0.717, 1.165) is 18.1 Å². The van der Waals surface area contributed by atoms with Gasteiger partial charge in [-0.25, -0.2) is 4.39 Å². The van der Waals surface area contributed by atoms with E-state index in [2.05, 4.69) is 5.32 Å². The van der Waals surface area contributed by atoms with Crippen LogP contribution in [0, 0.1) is 5.82 Å². The third kappa shape index (κ3) is 3.94. The van der Waals surface area contributed by atoms with E-state index in [-0.39, 0.29) is 17.8 Å². The Morgan fingerprint density at radius 2 is 2.42 bits per heavy atom. The Bertz CT molecular complexity index is 435. The lowest BCUT2D eigenvalue weighted by atomic mass is 10.2. The van der Waals surface area contributed by atoms with Crippen molar-refractivity contribution in [3.05, 3.63) is 30.1 Å². The highest BCUT2D eigenvalue weighted by molar-refractivity contribution is 7.99. The van der Waals surface area contributed by atoms with Crippen LogP contribution in [0.25, 0.3) is 0 Å². The molecule has 0 aliphatic carbocycles. The zero-order valence-electron chi connectivity index (χ0n) is 11.1. The first-order chi connectivity index (χ1) is 9.20. The molecule has 1 saturated heterocycles. The fourth-order valence-electron chi connectivity index (χ4n) is 2.22. The fraction of sp³-hybridized carbons (Fsp3) is 0.500. The van der Waals surface area contributed by atoms with Crippen molar-refractivity contribution in [2.75, 3.05) is 29.5 Å². The summed E-state index contributed by atoms with van der Waals surface area (Å²) in [6.07, 6.45) is 0.470. The number of hydrogen-bond donors (Lipinski definition) is 1. The number of anilines is 1. The van der Waals surface area contributed by atoms with E-state index in [9.17, 15) is 9.18 Å². The van der Waals surface area contributed by atoms with E-state index in [1.165, 1.54) is 12.1 Å². The van der Waals surface area contributed by atoms with Gasteiger partial charge in [-0.2, -0.15) is 11.8 Å². The summed E-state index contributed by atoms with van der Waals surface area (Å²) in [6.45, 7) is 3.42. The lowest BCUT2D eigenvalue weighted by molar-refractivity contribution is -0.118. The molecule has 1 aliphatic rings. The number of nitrogens with zero attached hydrogens (tertiary/aromatic N) is 1. The molecule has 0 radical (unpaired) electrons. The average molecular weight is 282 g/mol. The molecule has 19 heavy (non-hydrogen) atoms. The first-order valence-electron chi connectivity index (χ1n) is 6.57. The maximum absolute atomic E-state index is 13.2. The van der Waals surface area contributed by atoms with Crippen molar-refractivity contribution in [1.82, 2.24) is 5.32 Å². The van der Waals surface area contributed by atoms with E-state index in [1.54, 1.807) is 17.0 Å². The number of carbonyl (C=O) groups is 1. The summed E-state index contributed by atoms with van der Waals surface area (Å²) in [5.74, 6) is 1.81. The van der Waals surface area contributed by atoms with Gasteiger partial charge in [-0.1, -0.05) is 6.07 Å². The maximum atomic E-state index is 13.2. The van der Waals surface area contributed by atoms with Crippen molar-refractivity contribution in [2.45, 2.75) is 19.4 Å². The van der Waals surface area contributed by atoms with Crippen LogP contribution in [0.1, 0.15) is 13.3 Å². The second-order valence-electron chi connectivity index (χ2n) is 4.55. The van der Waals surface area contributed by atoms with Crippen LogP contribution in [0.5, 0.6) is 0 Å². The summed E-state index contributed by atoms with van der Waals surface area (Å²) in [7, 11) is 0. The van der Waals surface area contributed by atoms with Crippen LogP contribution >= 0.6 is 11.8 Å².